The lowest BCUT2D eigenvalue weighted by atomic mass is 9.95. The molecule has 0 spiro atoms. The van der Waals surface area contributed by atoms with Crippen LogP contribution in [-0.2, 0) is 0 Å². The summed E-state index contributed by atoms with van der Waals surface area (Å²) < 4.78 is 58.9. The molecule has 1 aliphatic rings. The Morgan fingerprint density at radius 2 is 1.78 bits per heavy atom. The van der Waals surface area contributed by atoms with Crippen LogP contribution in [0.4, 0.5) is 17.6 Å². The number of pyridine rings is 1. The zero-order valence-corrected chi connectivity index (χ0v) is 12.0. The van der Waals surface area contributed by atoms with E-state index in [4.69, 9.17) is 4.74 Å². The highest BCUT2D eigenvalue weighted by molar-refractivity contribution is 5.23. The molecule has 2 atom stereocenters. The van der Waals surface area contributed by atoms with Crippen molar-refractivity contribution in [3.05, 3.63) is 59.3 Å². The topological polar surface area (TPSA) is 34.1 Å². The minimum Gasteiger partial charge on any atom is -0.467 e. The van der Waals surface area contributed by atoms with Gasteiger partial charge in [0.25, 0.3) is 11.8 Å². The van der Waals surface area contributed by atoms with Gasteiger partial charge in [-0.2, -0.15) is 18.2 Å². The van der Waals surface area contributed by atoms with Crippen LogP contribution in [0.5, 0.6) is 5.88 Å². The molecule has 0 bridgehead atoms. The Balaban J connectivity index is 1.96. The summed E-state index contributed by atoms with van der Waals surface area (Å²) >= 11 is 0. The highest BCUT2D eigenvalue weighted by atomic mass is 19.2. The molecule has 2 aromatic rings. The van der Waals surface area contributed by atoms with E-state index in [1.165, 1.54) is 0 Å². The van der Waals surface area contributed by atoms with Crippen LogP contribution in [-0.4, -0.2) is 18.1 Å². The number of hydrogen-bond acceptors (Lipinski definition) is 3. The average molecular weight is 326 g/mol. The molecule has 3 nitrogen and oxygen atoms in total. The van der Waals surface area contributed by atoms with E-state index < -0.39 is 35.4 Å². The maximum Gasteiger partial charge on any atom is 0.257 e. The molecule has 0 amide bonds. The first-order valence-electron chi connectivity index (χ1n) is 7.20. The van der Waals surface area contributed by atoms with E-state index in [2.05, 4.69) is 10.3 Å². The van der Waals surface area contributed by atoms with E-state index in [9.17, 15) is 17.6 Å². The second kappa shape index (κ2) is 6.54. The molecule has 1 aromatic carbocycles. The van der Waals surface area contributed by atoms with Crippen LogP contribution in [0, 0.1) is 29.3 Å². The second-order valence-corrected chi connectivity index (χ2v) is 5.35. The lowest BCUT2D eigenvalue weighted by molar-refractivity contribution is 0.126. The maximum atomic E-state index is 13.8. The normalized spacial score (nSPS) is 18.9. The van der Waals surface area contributed by atoms with Crippen LogP contribution in [0.3, 0.4) is 0 Å². The number of nitrogens with zero attached hydrogens (tertiary/aromatic N) is 1. The van der Waals surface area contributed by atoms with Crippen LogP contribution in [0.1, 0.15) is 18.1 Å². The summed E-state index contributed by atoms with van der Waals surface area (Å²) in [6, 6.07) is 8.92. The number of benzene rings is 1. The van der Waals surface area contributed by atoms with Gasteiger partial charge in [-0.3, -0.25) is 0 Å². The van der Waals surface area contributed by atoms with Gasteiger partial charge in [-0.25, -0.2) is 4.39 Å². The minimum atomic E-state index is -1.95. The van der Waals surface area contributed by atoms with E-state index in [1.54, 1.807) is 24.3 Å². The summed E-state index contributed by atoms with van der Waals surface area (Å²) in [6.07, 6.45) is 0.116. The van der Waals surface area contributed by atoms with E-state index in [1.807, 2.05) is 6.07 Å². The van der Waals surface area contributed by atoms with E-state index in [0.29, 0.717) is 6.54 Å². The molecule has 1 aromatic heterocycles. The molecule has 1 saturated heterocycles. The van der Waals surface area contributed by atoms with Crippen molar-refractivity contribution in [1.29, 1.82) is 0 Å². The van der Waals surface area contributed by atoms with Gasteiger partial charge < -0.3 is 10.1 Å². The van der Waals surface area contributed by atoms with Crippen molar-refractivity contribution in [2.24, 2.45) is 5.92 Å². The first kappa shape index (κ1) is 15.7. The maximum absolute atomic E-state index is 13.8. The molecule has 0 aliphatic carbocycles. The monoisotopic (exact) mass is 326 g/mol. The number of nitrogens with one attached hydrogen (secondary N) is 1. The van der Waals surface area contributed by atoms with Gasteiger partial charge in [-0.1, -0.05) is 30.3 Å². The molecule has 7 heteroatoms. The Labute approximate surface area is 130 Å². The Bertz CT molecular complexity index is 690. The van der Waals surface area contributed by atoms with Gasteiger partial charge >= 0.3 is 0 Å². The van der Waals surface area contributed by atoms with Crippen molar-refractivity contribution in [3.8, 4) is 5.88 Å². The molecule has 122 valence electrons. The lowest BCUT2D eigenvalue weighted by Crippen LogP contribution is -2.22. The third-order valence-corrected chi connectivity index (χ3v) is 3.85. The van der Waals surface area contributed by atoms with Gasteiger partial charge in [0.05, 0.1) is 0 Å². The zero-order chi connectivity index (χ0) is 16.4. The Kier molecular flexibility index (Phi) is 4.47. The van der Waals surface area contributed by atoms with Crippen LogP contribution in [0.2, 0.25) is 0 Å². The van der Waals surface area contributed by atoms with Crippen LogP contribution in [0.25, 0.3) is 0 Å². The van der Waals surface area contributed by atoms with Crippen molar-refractivity contribution < 1.29 is 22.3 Å². The molecular formula is C16H14F4N2O. The highest BCUT2D eigenvalue weighted by Gasteiger charge is 2.31. The molecule has 23 heavy (non-hydrogen) atoms. The summed E-state index contributed by atoms with van der Waals surface area (Å²) in [6.45, 7) is 1.38. The second-order valence-electron chi connectivity index (χ2n) is 5.35. The van der Waals surface area contributed by atoms with Gasteiger partial charge in [-0.05, 0) is 18.5 Å². The zero-order valence-electron chi connectivity index (χ0n) is 12.0. The van der Waals surface area contributed by atoms with Crippen LogP contribution >= 0.6 is 0 Å². The number of halogens is 4. The Hall–Kier alpha value is -2.15. The summed E-state index contributed by atoms with van der Waals surface area (Å²) in [5.41, 5.74) is 0.729. The fraction of sp³-hybridized carbons (Fsp3) is 0.312. The molecule has 1 fully saturated rings. The minimum absolute atomic E-state index is 0.0187. The van der Waals surface area contributed by atoms with Gasteiger partial charge in [0, 0.05) is 12.5 Å². The summed E-state index contributed by atoms with van der Waals surface area (Å²) in [5, 5.41) is 3.15. The van der Waals surface area contributed by atoms with Crippen LogP contribution < -0.4 is 10.1 Å². The largest absolute Gasteiger partial charge is 0.467 e. The van der Waals surface area contributed by atoms with Gasteiger partial charge in [0.15, 0.2) is 0 Å². The number of hydrogen-bond donors (Lipinski definition) is 1. The number of ether oxygens (including phenoxy) is 1. The fourth-order valence-corrected chi connectivity index (χ4v) is 2.68. The Morgan fingerprint density at radius 3 is 2.43 bits per heavy atom. The predicted molar refractivity (Wildman–Crippen MR) is 74.9 cm³/mol. The number of rotatable bonds is 4. The standard InChI is InChI=1S/C16H14F4N2O/c17-11-12(18)15(20)22-16(13(11)19)23-14(10-6-7-21-8-10)9-4-2-1-3-5-9/h1-5,10,14,21H,6-8H2. The smallest absolute Gasteiger partial charge is 0.257 e. The lowest BCUT2D eigenvalue weighted by Gasteiger charge is -2.24. The van der Waals surface area contributed by atoms with Crippen molar-refractivity contribution in [1.82, 2.24) is 10.3 Å². The molecule has 0 radical (unpaired) electrons. The van der Waals surface area contributed by atoms with E-state index in [0.717, 1.165) is 18.5 Å². The molecule has 2 unspecified atom stereocenters. The van der Waals surface area contributed by atoms with Gasteiger partial charge in [0.2, 0.25) is 17.5 Å². The Morgan fingerprint density at radius 1 is 1.04 bits per heavy atom. The van der Waals surface area contributed by atoms with Gasteiger partial charge in [0.1, 0.15) is 6.10 Å². The molecule has 2 heterocycles. The van der Waals surface area contributed by atoms with Crippen molar-refractivity contribution in [3.63, 3.8) is 0 Å². The fourth-order valence-electron chi connectivity index (χ4n) is 2.68. The summed E-state index contributed by atoms with van der Waals surface area (Å²) in [7, 11) is 0. The summed E-state index contributed by atoms with van der Waals surface area (Å²) in [4.78, 5) is 3.07. The predicted octanol–water partition coefficient (Wildman–Crippen LogP) is 3.37. The molecule has 0 saturated carbocycles. The first-order chi connectivity index (χ1) is 11.1. The SMILES string of the molecule is Fc1nc(OC(c2ccccc2)C2CCNC2)c(F)c(F)c1F. The summed E-state index contributed by atoms with van der Waals surface area (Å²) in [5.74, 6) is -8.12. The third kappa shape index (κ3) is 3.14. The first-order valence-corrected chi connectivity index (χ1v) is 7.20. The molecule has 1 N–H and O–H groups in total. The van der Waals surface area contributed by atoms with Crippen molar-refractivity contribution in [2.45, 2.75) is 12.5 Å². The highest BCUT2D eigenvalue weighted by Crippen LogP contribution is 2.33. The molecule has 1 aliphatic heterocycles. The van der Waals surface area contributed by atoms with Gasteiger partial charge in [-0.15, -0.1) is 0 Å². The quantitative estimate of drug-likeness (QED) is 0.691. The van der Waals surface area contributed by atoms with Crippen LogP contribution in [0.15, 0.2) is 30.3 Å². The average Bonchev–Trinajstić information content (AvgIpc) is 3.10. The van der Waals surface area contributed by atoms with Crippen molar-refractivity contribution in [2.75, 3.05) is 13.1 Å². The number of aromatic nitrogens is 1. The van der Waals surface area contributed by atoms with E-state index >= 15 is 0 Å². The van der Waals surface area contributed by atoms with E-state index in [-0.39, 0.29) is 5.92 Å². The molecular weight excluding hydrogens is 312 g/mol. The van der Waals surface area contributed by atoms with Crippen molar-refractivity contribution >= 4 is 0 Å². The third-order valence-electron chi connectivity index (χ3n) is 3.85. The molecule has 3 rings (SSSR count).